The maximum absolute atomic E-state index is 12.0. The Morgan fingerprint density at radius 1 is 1.00 bits per heavy atom. The second-order valence-corrected chi connectivity index (χ2v) is 7.67. The van der Waals surface area contributed by atoms with Gasteiger partial charge in [-0.3, -0.25) is 9.69 Å². The molecule has 1 saturated heterocycles. The number of fused-ring (bicyclic) bond motifs is 1. The number of aryl methyl sites for hydroxylation is 2. The summed E-state index contributed by atoms with van der Waals surface area (Å²) in [5.74, 6) is 0.331. The second kappa shape index (κ2) is 7.67. The van der Waals surface area contributed by atoms with E-state index >= 15 is 0 Å². The highest BCUT2D eigenvalue weighted by molar-refractivity contribution is 5.98. The first-order chi connectivity index (χ1) is 12.7. The normalized spacial score (nSPS) is 18.2. The molecular formula is C22H29N3O. The van der Waals surface area contributed by atoms with Gasteiger partial charge in [0, 0.05) is 62.3 Å². The average Bonchev–Trinajstić information content (AvgIpc) is 3.07. The fraction of sp³-hybridized carbons (Fsp3) is 0.500. The molecule has 2 aromatic rings. The number of benzene rings is 1. The fourth-order valence-corrected chi connectivity index (χ4v) is 4.32. The monoisotopic (exact) mass is 351 g/mol. The SMILES string of the molecule is Cc1cccc(N2CCN(CCCn3ccc4c3CCCC4=O)CC2)c1. The lowest BCUT2D eigenvalue weighted by atomic mass is 9.97. The third kappa shape index (κ3) is 3.70. The molecule has 138 valence electrons. The molecule has 1 aliphatic carbocycles. The highest BCUT2D eigenvalue weighted by Crippen LogP contribution is 2.23. The van der Waals surface area contributed by atoms with Crippen LogP contribution in [0.15, 0.2) is 36.5 Å². The van der Waals surface area contributed by atoms with Crippen molar-refractivity contribution in [1.82, 2.24) is 9.47 Å². The van der Waals surface area contributed by atoms with Crippen molar-refractivity contribution in [3.8, 4) is 0 Å². The number of carbonyl (C=O) groups is 1. The molecule has 0 unspecified atom stereocenters. The van der Waals surface area contributed by atoms with Crippen molar-refractivity contribution in [3.05, 3.63) is 53.3 Å². The first kappa shape index (κ1) is 17.3. The van der Waals surface area contributed by atoms with E-state index in [1.807, 2.05) is 6.07 Å². The summed E-state index contributed by atoms with van der Waals surface area (Å²) in [6.45, 7) is 8.82. The molecule has 0 amide bonds. The van der Waals surface area contributed by atoms with Crippen molar-refractivity contribution >= 4 is 11.5 Å². The van der Waals surface area contributed by atoms with Crippen LogP contribution in [0.4, 0.5) is 5.69 Å². The maximum atomic E-state index is 12.0. The number of Topliss-reactive ketones (excluding diaryl/α,β-unsaturated/α-hetero) is 1. The van der Waals surface area contributed by atoms with Crippen LogP contribution in [0, 0.1) is 6.92 Å². The summed E-state index contributed by atoms with van der Waals surface area (Å²) < 4.78 is 2.31. The van der Waals surface area contributed by atoms with Crippen LogP contribution in [0.1, 0.15) is 40.9 Å². The molecule has 4 nitrogen and oxygen atoms in total. The number of carbonyl (C=O) groups excluding carboxylic acids is 1. The van der Waals surface area contributed by atoms with Gasteiger partial charge in [0.1, 0.15) is 0 Å². The Bertz CT molecular complexity index is 771. The van der Waals surface area contributed by atoms with Gasteiger partial charge in [-0.2, -0.15) is 0 Å². The van der Waals surface area contributed by atoms with Gasteiger partial charge in [-0.15, -0.1) is 0 Å². The first-order valence-electron chi connectivity index (χ1n) is 9.96. The van der Waals surface area contributed by atoms with Gasteiger partial charge in [0.2, 0.25) is 0 Å². The molecule has 1 aromatic carbocycles. The number of aromatic nitrogens is 1. The minimum absolute atomic E-state index is 0.331. The van der Waals surface area contributed by atoms with Crippen LogP contribution in [-0.2, 0) is 13.0 Å². The molecule has 0 N–H and O–H groups in total. The second-order valence-electron chi connectivity index (χ2n) is 7.67. The molecule has 0 atom stereocenters. The van der Waals surface area contributed by atoms with Gasteiger partial charge < -0.3 is 9.47 Å². The predicted octanol–water partition coefficient (Wildman–Crippen LogP) is 3.53. The van der Waals surface area contributed by atoms with Crippen LogP contribution in [0.5, 0.6) is 0 Å². The van der Waals surface area contributed by atoms with Gasteiger partial charge in [0.15, 0.2) is 5.78 Å². The lowest BCUT2D eigenvalue weighted by Crippen LogP contribution is -2.46. The highest BCUT2D eigenvalue weighted by Gasteiger charge is 2.21. The van der Waals surface area contributed by atoms with Gasteiger partial charge in [-0.1, -0.05) is 12.1 Å². The molecule has 26 heavy (non-hydrogen) atoms. The van der Waals surface area contributed by atoms with Gasteiger partial charge in [0.25, 0.3) is 0 Å². The van der Waals surface area contributed by atoms with E-state index in [9.17, 15) is 4.79 Å². The molecule has 2 heterocycles. The summed E-state index contributed by atoms with van der Waals surface area (Å²) in [5.41, 5.74) is 4.93. The minimum atomic E-state index is 0.331. The number of ketones is 1. The highest BCUT2D eigenvalue weighted by atomic mass is 16.1. The molecule has 0 radical (unpaired) electrons. The fourth-order valence-electron chi connectivity index (χ4n) is 4.32. The summed E-state index contributed by atoms with van der Waals surface area (Å²) in [6, 6.07) is 10.8. The molecule has 1 aromatic heterocycles. The van der Waals surface area contributed by atoms with E-state index < -0.39 is 0 Å². The maximum Gasteiger partial charge on any atom is 0.164 e. The van der Waals surface area contributed by atoms with E-state index in [0.29, 0.717) is 5.78 Å². The van der Waals surface area contributed by atoms with Gasteiger partial charge in [-0.25, -0.2) is 0 Å². The zero-order valence-electron chi connectivity index (χ0n) is 15.8. The van der Waals surface area contributed by atoms with Crippen LogP contribution >= 0.6 is 0 Å². The van der Waals surface area contributed by atoms with E-state index in [2.05, 4.69) is 51.8 Å². The van der Waals surface area contributed by atoms with Gasteiger partial charge >= 0.3 is 0 Å². The van der Waals surface area contributed by atoms with Crippen molar-refractivity contribution in [3.63, 3.8) is 0 Å². The standard InChI is InChI=1S/C22H29N3O/c1-18-5-2-6-19(17-18)24-15-13-23(14-16-24)10-4-11-25-12-9-20-21(25)7-3-8-22(20)26/h2,5-6,9,12,17H,3-4,7-8,10-11,13-16H2,1H3. The number of hydrogen-bond donors (Lipinski definition) is 0. The van der Waals surface area contributed by atoms with Crippen molar-refractivity contribution in [2.75, 3.05) is 37.6 Å². The number of nitrogens with zero attached hydrogens (tertiary/aromatic N) is 3. The Morgan fingerprint density at radius 2 is 1.85 bits per heavy atom. The molecule has 0 saturated carbocycles. The largest absolute Gasteiger partial charge is 0.369 e. The van der Waals surface area contributed by atoms with E-state index in [1.165, 1.54) is 16.9 Å². The summed E-state index contributed by atoms with van der Waals surface area (Å²) in [7, 11) is 0. The molecule has 4 heteroatoms. The Kier molecular flexibility index (Phi) is 5.11. The summed E-state index contributed by atoms with van der Waals surface area (Å²) in [5, 5.41) is 0. The van der Waals surface area contributed by atoms with Gasteiger partial charge in [-0.05, 0) is 56.5 Å². The van der Waals surface area contributed by atoms with Crippen LogP contribution in [0.2, 0.25) is 0 Å². The molecule has 2 aliphatic rings. The molecule has 0 bridgehead atoms. The number of rotatable bonds is 5. The zero-order chi connectivity index (χ0) is 17.9. The lowest BCUT2D eigenvalue weighted by Gasteiger charge is -2.36. The van der Waals surface area contributed by atoms with E-state index in [1.54, 1.807) is 0 Å². The predicted molar refractivity (Wildman–Crippen MR) is 106 cm³/mol. The summed E-state index contributed by atoms with van der Waals surface area (Å²) >= 11 is 0. The molecule has 1 aliphatic heterocycles. The smallest absolute Gasteiger partial charge is 0.164 e. The summed E-state index contributed by atoms with van der Waals surface area (Å²) in [4.78, 5) is 17.0. The number of hydrogen-bond acceptors (Lipinski definition) is 3. The topological polar surface area (TPSA) is 28.5 Å². The first-order valence-corrected chi connectivity index (χ1v) is 9.96. The quantitative estimate of drug-likeness (QED) is 0.825. The van der Waals surface area contributed by atoms with E-state index in [0.717, 1.165) is 70.5 Å². The van der Waals surface area contributed by atoms with Crippen LogP contribution in [0.25, 0.3) is 0 Å². The van der Waals surface area contributed by atoms with Crippen molar-refractivity contribution in [1.29, 1.82) is 0 Å². The Morgan fingerprint density at radius 3 is 2.65 bits per heavy atom. The number of piperazine rings is 1. The van der Waals surface area contributed by atoms with Crippen molar-refractivity contribution in [2.24, 2.45) is 0 Å². The van der Waals surface area contributed by atoms with Crippen LogP contribution < -0.4 is 4.90 Å². The Hall–Kier alpha value is -2.07. The Balaban J connectivity index is 1.25. The average molecular weight is 351 g/mol. The Labute approximate surface area is 156 Å². The molecule has 4 rings (SSSR count). The van der Waals surface area contributed by atoms with Crippen molar-refractivity contribution in [2.45, 2.75) is 39.2 Å². The zero-order valence-corrected chi connectivity index (χ0v) is 15.8. The molecule has 0 spiro atoms. The molecule has 1 fully saturated rings. The third-order valence-corrected chi connectivity index (χ3v) is 5.81. The van der Waals surface area contributed by atoms with Gasteiger partial charge in [0.05, 0.1) is 0 Å². The molecular weight excluding hydrogens is 322 g/mol. The van der Waals surface area contributed by atoms with Crippen LogP contribution in [0.3, 0.4) is 0 Å². The summed E-state index contributed by atoms with van der Waals surface area (Å²) in [6.07, 6.45) is 6.06. The van der Waals surface area contributed by atoms with E-state index in [4.69, 9.17) is 0 Å². The minimum Gasteiger partial charge on any atom is -0.369 e. The van der Waals surface area contributed by atoms with Crippen molar-refractivity contribution < 1.29 is 4.79 Å². The third-order valence-electron chi connectivity index (χ3n) is 5.81. The lowest BCUT2D eigenvalue weighted by molar-refractivity contribution is 0.0971. The van der Waals surface area contributed by atoms with E-state index in [-0.39, 0.29) is 0 Å². The number of anilines is 1. The van der Waals surface area contributed by atoms with Crippen LogP contribution in [-0.4, -0.2) is 48.0 Å².